The van der Waals surface area contributed by atoms with Crippen LogP contribution in [0.15, 0.2) is 23.2 Å². The van der Waals surface area contributed by atoms with Crippen molar-refractivity contribution >= 4 is 5.71 Å². The fraction of sp³-hybridized carbons (Fsp3) is 0.462. The highest BCUT2D eigenvalue weighted by atomic mass is 14.8. The molecule has 0 spiro atoms. The van der Waals surface area contributed by atoms with Gasteiger partial charge in [-0.25, -0.2) is 0 Å². The van der Waals surface area contributed by atoms with Crippen LogP contribution in [-0.4, -0.2) is 5.71 Å². The fourth-order valence-electron chi connectivity index (χ4n) is 1.83. The standard InChI is InChI=1S/C13H17N/c1-9-12-6-5-11(13(2,3)4)7-10(12)8-14-9/h5-7H,8H2,1-4H3. The Morgan fingerprint density at radius 3 is 2.57 bits per heavy atom. The Morgan fingerprint density at radius 2 is 1.93 bits per heavy atom. The van der Waals surface area contributed by atoms with E-state index in [2.05, 4.69) is 50.9 Å². The van der Waals surface area contributed by atoms with E-state index in [1.807, 2.05) is 0 Å². The molecule has 1 heterocycles. The van der Waals surface area contributed by atoms with Crippen molar-refractivity contribution in [2.75, 3.05) is 0 Å². The van der Waals surface area contributed by atoms with Gasteiger partial charge in [-0.2, -0.15) is 0 Å². The van der Waals surface area contributed by atoms with Crippen LogP contribution in [0.4, 0.5) is 0 Å². The molecule has 0 aliphatic carbocycles. The van der Waals surface area contributed by atoms with E-state index in [-0.39, 0.29) is 5.41 Å². The quantitative estimate of drug-likeness (QED) is 0.591. The second kappa shape index (κ2) is 2.94. The number of hydrogen-bond donors (Lipinski definition) is 0. The molecule has 1 aliphatic heterocycles. The molecule has 1 aliphatic rings. The molecule has 0 radical (unpaired) electrons. The summed E-state index contributed by atoms with van der Waals surface area (Å²) in [6, 6.07) is 6.74. The molecule has 0 aromatic heterocycles. The van der Waals surface area contributed by atoms with Crippen LogP contribution in [0.25, 0.3) is 0 Å². The summed E-state index contributed by atoms with van der Waals surface area (Å²) < 4.78 is 0. The summed E-state index contributed by atoms with van der Waals surface area (Å²) in [4.78, 5) is 4.44. The fourth-order valence-corrected chi connectivity index (χ4v) is 1.83. The average Bonchev–Trinajstić information content (AvgIpc) is 2.46. The van der Waals surface area contributed by atoms with Crippen LogP contribution in [0.2, 0.25) is 0 Å². The molecule has 0 saturated carbocycles. The maximum Gasteiger partial charge on any atom is 0.0649 e. The molecule has 0 fully saturated rings. The van der Waals surface area contributed by atoms with Gasteiger partial charge in [-0.3, -0.25) is 4.99 Å². The van der Waals surface area contributed by atoms with E-state index in [0.717, 1.165) is 6.54 Å². The van der Waals surface area contributed by atoms with Crippen molar-refractivity contribution in [1.29, 1.82) is 0 Å². The highest BCUT2D eigenvalue weighted by Gasteiger charge is 2.18. The van der Waals surface area contributed by atoms with Gasteiger partial charge in [0, 0.05) is 11.3 Å². The first-order valence-electron chi connectivity index (χ1n) is 5.13. The van der Waals surface area contributed by atoms with E-state index in [1.54, 1.807) is 0 Å². The summed E-state index contributed by atoms with van der Waals surface area (Å²) in [6.07, 6.45) is 0. The summed E-state index contributed by atoms with van der Waals surface area (Å²) in [5.41, 5.74) is 5.54. The molecule has 0 amide bonds. The highest BCUT2D eigenvalue weighted by Crippen LogP contribution is 2.27. The van der Waals surface area contributed by atoms with Crippen LogP contribution in [0, 0.1) is 0 Å². The predicted molar refractivity (Wildman–Crippen MR) is 61.1 cm³/mol. The van der Waals surface area contributed by atoms with Crippen molar-refractivity contribution in [3.8, 4) is 0 Å². The van der Waals surface area contributed by atoms with Crippen LogP contribution in [0.1, 0.15) is 44.4 Å². The van der Waals surface area contributed by atoms with Crippen molar-refractivity contribution in [2.45, 2.75) is 39.7 Å². The van der Waals surface area contributed by atoms with Crippen molar-refractivity contribution < 1.29 is 0 Å². The zero-order valence-corrected chi connectivity index (χ0v) is 9.39. The maximum atomic E-state index is 4.44. The van der Waals surface area contributed by atoms with E-state index in [0.29, 0.717) is 0 Å². The van der Waals surface area contributed by atoms with Crippen LogP contribution < -0.4 is 0 Å². The maximum absolute atomic E-state index is 4.44. The number of rotatable bonds is 0. The van der Waals surface area contributed by atoms with E-state index < -0.39 is 0 Å². The van der Waals surface area contributed by atoms with E-state index in [4.69, 9.17) is 0 Å². The molecule has 1 heteroatoms. The van der Waals surface area contributed by atoms with Crippen LogP contribution in [-0.2, 0) is 12.0 Å². The minimum absolute atomic E-state index is 0.242. The van der Waals surface area contributed by atoms with Gasteiger partial charge in [-0.1, -0.05) is 39.0 Å². The van der Waals surface area contributed by atoms with Gasteiger partial charge in [0.15, 0.2) is 0 Å². The normalized spacial score (nSPS) is 15.3. The van der Waals surface area contributed by atoms with Crippen molar-refractivity contribution in [2.24, 2.45) is 4.99 Å². The first kappa shape index (κ1) is 9.45. The van der Waals surface area contributed by atoms with E-state index >= 15 is 0 Å². The number of hydrogen-bond acceptors (Lipinski definition) is 1. The zero-order chi connectivity index (χ0) is 10.3. The van der Waals surface area contributed by atoms with Crippen LogP contribution in [0.5, 0.6) is 0 Å². The molecule has 14 heavy (non-hydrogen) atoms. The van der Waals surface area contributed by atoms with E-state index in [1.165, 1.54) is 22.4 Å². The van der Waals surface area contributed by atoms with Crippen molar-refractivity contribution in [1.82, 2.24) is 0 Å². The van der Waals surface area contributed by atoms with Crippen molar-refractivity contribution in [3.05, 3.63) is 34.9 Å². The molecule has 0 bridgehead atoms. The Morgan fingerprint density at radius 1 is 1.21 bits per heavy atom. The van der Waals surface area contributed by atoms with Gasteiger partial charge in [0.25, 0.3) is 0 Å². The molecule has 0 saturated heterocycles. The summed E-state index contributed by atoms with van der Waals surface area (Å²) in [5.74, 6) is 0. The third-order valence-corrected chi connectivity index (χ3v) is 2.85. The summed E-state index contributed by atoms with van der Waals surface area (Å²) in [5, 5.41) is 0. The molecular formula is C13H17N. The van der Waals surface area contributed by atoms with Gasteiger partial charge in [0.05, 0.1) is 6.54 Å². The Hall–Kier alpha value is -1.11. The lowest BCUT2D eigenvalue weighted by Gasteiger charge is -2.19. The van der Waals surface area contributed by atoms with Gasteiger partial charge in [0.2, 0.25) is 0 Å². The van der Waals surface area contributed by atoms with Gasteiger partial charge in [0.1, 0.15) is 0 Å². The number of fused-ring (bicyclic) bond motifs is 1. The Kier molecular flexibility index (Phi) is 1.99. The van der Waals surface area contributed by atoms with Crippen LogP contribution in [0.3, 0.4) is 0 Å². The van der Waals surface area contributed by atoms with Gasteiger partial charge >= 0.3 is 0 Å². The second-order valence-electron chi connectivity index (χ2n) is 5.02. The average molecular weight is 187 g/mol. The molecule has 1 nitrogen and oxygen atoms in total. The number of nitrogens with zero attached hydrogens (tertiary/aromatic N) is 1. The molecule has 1 aromatic carbocycles. The SMILES string of the molecule is CC1=NCc2cc(C(C)(C)C)ccc21. The van der Waals surface area contributed by atoms with E-state index in [9.17, 15) is 0 Å². The number of benzene rings is 1. The summed E-state index contributed by atoms with van der Waals surface area (Å²) >= 11 is 0. The zero-order valence-electron chi connectivity index (χ0n) is 9.39. The molecule has 1 aromatic rings. The minimum atomic E-state index is 0.242. The summed E-state index contributed by atoms with van der Waals surface area (Å²) in [7, 11) is 0. The molecule has 2 rings (SSSR count). The van der Waals surface area contributed by atoms with Crippen LogP contribution >= 0.6 is 0 Å². The predicted octanol–water partition coefficient (Wildman–Crippen LogP) is 3.31. The van der Waals surface area contributed by atoms with Gasteiger partial charge < -0.3 is 0 Å². The summed E-state index contributed by atoms with van der Waals surface area (Å²) in [6.45, 7) is 9.69. The molecular weight excluding hydrogens is 170 g/mol. The first-order chi connectivity index (χ1) is 6.48. The van der Waals surface area contributed by atoms with Crippen molar-refractivity contribution in [3.63, 3.8) is 0 Å². The number of aliphatic imine (C=N–C) groups is 1. The lowest BCUT2D eigenvalue weighted by Crippen LogP contribution is -2.11. The molecule has 0 N–H and O–H groups in total. The smallest absolute Gasteiger partial charge is 0.0649 e. The lowest BCUT2D eigenvalue weighted by atomic mass is 9.85. The lowest BCUT2D eigenvalue weighted by molar-refractivity contribution is 0.589. The van der Waals surface area contributed by atoms with Gasteiger partial charge in [-0.05, 0) is 23.5 Å². The Balaban J connectivity index is 2.46. The first-order valence-corrected chi connectivity index (χ1v) is 5.13. The second-order valence-corrected chi connectivity index (χ2v) is 5.02. The molecule has 0 atom stereocenters. The third kappa shape index (κ3) is 1.47. The monoisotopic (exact) mass is 187 g/mol. The minimum Gasteiger partial charge on any atom is -0.285 e. The molecule has 74 valence electrons. The third-order valence-electron chi connectivity index (χ3n) is 2.85. The Labute approximate surface area is 85.9 Å². The highest BCUT2D eigenvalue weighted by molar-refractivity contribution is 6.01. The largest absolute Gasteiger partial charge is 0.285 e. The topological polar surface area (TPSA) is 12.4 Å². The Bertz CT molecular complexity index is 394. The van der Waals surface area contributed by atoms with Gasteiger partial charge in [-0.15, -0.1) is 0 Å². The molecule has 0 unspecified atom stereocenters.